The Kier molecular flexibility index (Phi) is 5.64. The van der Waals surface area contributed by atoms with Crippen molar-refractivity contribution in [2.45, 2.75) is 30.3 Å². The summed E-state index contributed by atoms with van der Waals surface area (Å²) in [5.74, 6) is -0.984. The smallest absolute Gasteiger partial charge is 0.252 e. The molecule has 9 heteroatoms. The number of rotatable bonds is 7. The Morgan fingerprint density at radius 2 is 1.89 bits per heavy atom. The minimum Gasteiger partial charge on any atom is -0.366 e. The highest BCUT2D eigenvalue weighted by molar-refractivity contribution is 9.10. The van der Waals surface area contributed by atoms with Crippen LogP contribution in [0.15, 0.2) is 51.8 Å². The van der Waals surface area contributed by atoms with Crippen molar-refractivity contribution in [1.82, 2.24) is 10.0 Å². The van der Waals surface area contributed by atoms with Crippen molar-refractivity contribution in [3.63, 3.8) is 0 Å². The molecule has 7 nitrogen and oxygen atoms in total. The summed E-state index contributed by atoms with van der Waals surface area (Å²) in [5.41, 5.74) is 6.51. The van der Waals surface area contributed by atoms with Crippen LogP contribution in [-0.2, 0) is 16.6 Å². The van der Waals surface area contributed by atoms with E-state index in [4.69, 9.17) is 5.73 Å². The van der Waals surface area contributed by atoms with Gasteiger partial charge in [0.1, 0.15) is 0 Å². The zero-order chi connectivity index (χ0) is 19.6. The van der Waals surface area contributed by atoms with Gasteiger partial charge in [-0.05, 0) is 64.7 Å². The van der Waals surface area contributed by atoms with E-state index in [1.807, 2.05) is 0 Å². The first kappa shape index (κ1) is 19.5. The predicted molar refractivity (Wildman–Crippen MR) is 104 cm³/mol. The van der Waals surface area contributed by atoms with Crippen molar-refractivity contribution in [3.05, 3.63) is 63.6 Å². The van der Waals surface area contributed by atoms with Gasteiger partial charge in [0.2, 0.25) is 15.9 Å². The average molecular weight is 452 g/mol. The fourth-order valence-electron chi connectivity index (χ4n) is 2.45. The van der Waals surface area contributed by atoms with E-state index in [0.29, 0.717) is 15.6 Å². The molecule has 0 bridgehead atoms. The van der Waals surface area contributed by atoms with Gasteiger partial charge in [0, 0.05) is 22.6 Å². The van der Waals surface area contributed by atoms with Gasteiger partial charge in [-0.3, -0.25) is 9.59 Å². The molecule has 1 saturated carbocycles. The van der Waals surface area contributed by atoms with Gasteiger partial charge in [-0.2, -0.15) is 0 Å². The van der Waals surface area contributed by atoms with Crippen LogP contribution in [0.1, 0.15) is 39.1 Å². The number of benzene rings is 2. The van der Waals surface area contributed by atoms with Crippen LogP contribution in [0.5, 0.6) is 0 Å². The molecule has 1 fully saturated rings. The van der Waals surface area contributed by atoms with Gasteiger partial charge < -0.3 is 11.1 Å². The molecular weight excluding hydrogens is 434 g/mol. The lowest BCUT2D eigenvalue weighted by Gasteiger charge is -2.11. The SMILES string of the molecule is NC(=O)c1cccc(CNC(=O)c2cc(S(=O)(=O)NC3CC3)ccc2Br)c1. The summed E-state index contributed by atoms with van der Waals surface area (Å²) in [6.07, 6.45) is 1.65. The Labute approximate surface area is 165 Å². The van der Waals surface area contributed by atoms with Crippen LogP contribution < -0.4 is 15.8 Å². The Hall–Kier alpha value is -2.23. The highest BCUT2D eigenvalue weighted by Gasteiger charge is 2.28. The number of primary amides is 1. The largest absolute Gasteiger partial charge is 0.366 e. The van der Waals surface area contributed by atoms with Crippen LogP contribution in [0.4, 0.5) is 0 Å². The topological polar surface area (TPSA) is 118 Å². The predicted octanol–water partition coefficient (Wildman–Crippen LogP) is 1.92. The summed E-state index contributed by atoms with van der Waals surface area (Å²) < 4.78 is 27.8. The maximum Gasteiger partial charge on any atom is 0.252 e. The molecule has 0 radical (unpaired) electrons. The molecule has 0 aliphatic heterocycles. The van der Waals surface area contributed by atoms with Crippen LogP contribution in [0, 0.1) is 0 Å². The number of carbonyl (C=O) groups excluding carboxylic acids is 2. The lowest BCUT2D eigenvalue weighted by atomic mass is 10.1. The van der Waals surface area contributed by atoms with Crippen LogP contribution in [-0.4, -0.2) is 26.3 Å². The van der Waals surface area contributed by atoms with Crippen molar-refractivity contribution in [2.24, 2.45) is 5.73 Å². The highest BCUT2D eigenvalue weighted by atomic mass is 79.9. The van der Waals surface area contributed by atoms with Crippen molar-refractivity contribution in [1.29, 1.82) is 0 Å². The number of nitrogens with two attached hydrogens (primary N) is 1. The summed E-state index contributed by atoms with van der Waals surface area (Å²) in [7, 11) is -3.65. The zero-order valence-electron chi connectivity index (χ0n) is 14.2. The Balaban J connectivity index is 1.75. The third kappa shape index (κ3) is 4.94. The van der Waals surface area contributed by atoms with Crippen LogP contribution >= 0.6 is 15.9 Å². The molecule has 1 aliphatic carbocycles. The molecule has 142 valence electrons. The molecule has 27 heavy (non-hydrogen) atoms. The van der Waals surface area contributed by atoms with E-state index in [1.165, 1.54) is 18.2 Å². The fraction of sp³-hybridized carbons (Fsp3) is 0.222. The monoisotopic (exact) mass is 451 g/mol. The van der Waals surface area contributed by atoms with E-state index in [-0.39, 0.29) is 23.0 Å². The van der Waals surface area contributed by atoms with Gasteiger partial charge in [-0.25, -0.2) is 13.1 Å². The first-order valence-electron chi connectivity index (χ1n) is 8.25. The molecule has 2 aromatic rings. The van der Waals surface area contributed by atoms with Crippen molar-refractivity contribution >= 4 is 37.8 Å². The van der Waals surface area contributed by atoms with Gasteiger partial charge in [0.05, 0.1) is 10.5 Å². The van der Waals surface area contributed by atoms with Gasteiger partial charge in [-0.1, -0.05) is 12.1 Å². The second-order valence-corrected chi connectivity index (χ2v) is 8.85. The van der Waals surface area contributed by atoms with Crippen LogP contribution in [0.3, 0.4) is 0 Å². The number of carbonyl (C=O) groups is 2. The molecule has 1 aliphatic rings. The number of hydrogen-bond acceptors (Lipinski definition) is 4. The zero-order valence-corrected chi connectivity index (χ0v) is 16.6. The third-order valence-electron chi connectivity index (χ3n) is 4.06. The second-order valence-electron chi connectivity index (χ2n) is 6.28. The summed E-state index contributed by atoms with van der Waals surface area (Å²) in [6, 6.07) is 10.9. The van der Waals surface area contributed by atoms with Gasteiger partial charge in [0.25, 0.3) is 5.91 Å². The van der Waals surface area contributed by atoms with E-state index in [0.717, 1.165) is 12.8 Å². The maximum absolute atomic E-state index is 12.5. The summed E-state index contributed by atoms with van der Waals surface area (Å²) >= 11 is 3.28. The molecule has 0 spiro atoms. The Morgan fingerprint density at radius 3 is 2.56 bits per heavy atom. The molecule has 2 aromatic carbocycles. The molecule has 2 amide bonds. The van der Waals surface area contributed by atoms with Gasteiger partial charge >= 0.3 is 0 Å². The second kappa shape index (κ2) is 7.79. The molecule has 0 aromatic heterocycles. The third-order valence-corrected chi connectivity index (χ3v) is 6.27. The van der Waals surface area contributed by atoms with Gasteiger partial charge in [-0.15, -0.1) is 0 Å². The normalized spacial score (nSPS) is 14.0. The van der Waals surface area contributed by atoms with E-state index in [9.17, 15) is 18.0 Å². The maximum atomic E-state index is 12.5. The lowest BCUT2D eigenvalue weighted by molar-refractivity contribution is 0.0949. The van der Waals surface area contributed by atoms with Crippen molar-refractivity contribution in [2.75, 3.05) is 0 Å². The average Bonchev–Trinajstić information content (AvgIpc) is 3.43. The number of halogens is 1. The number of nitrogens with one attached hydrogen (secondary N) is 2. The molecule has 3 rings (SSSR count). The standard InChI is InChI=1S/C18H18BrN3O4S/c19-16-7-6-14(27(25,26)22-13-4-5-13)9-15(16)18(24)21-10-11-2-1-3-12(8-11)17(20)23/h1-3,6-9,13,22H,4-5,10H2,(H2,20,23)(H,21,24). The lowest BCUT2D eigenvalue weighted by Crippen LogP contribution is -2.27. The number of hydrogen-bond donors (Lipinski definition) is 3. The molecule has 4 N–H and O–H groups in total. The number of amides is 2. The van der Waals surface area contributed by atoms with Crippen molar-refractivity contribution < 1.29 is 18.0 Å². The van der Waals surface area contributed by atoms with E-state index >= 15 is 0 Å². The first-order valence-corrected chi connectivity index (χ1v) is 10.5. The molecular formula is C18H18BrN3O4S. The minimum atomic E-state index is -3.65. The number of sulfonamides is 1. The minimum absolute atomic E-state index is 0.0199. The van der Waals surface area contributed by atoms with Crippen LogP contribution in [0.2, 0.25) is 0 Å². The summed E-state index contributed by atoms with van der Waals surface area (Å²) in [4.78, 5) is 23.8. The van der Waals surface area contributed by atoms with E-state index in [2.05, 4.69) is 26.0 Å². The first-order chi connectivity index (χ1) is 12.8. The summed E-state index contributed by atoms with van der Waals surface area (Å²) in [5, 5.41) is 2.72. The molecule has 0 atom stereocenters. The quantitative estimate of drug-likeness (QED) is 0.595. The summed E-state index contributed by atoms with van der Waals surface area (Å²) in [6.45, 7) is 0.170. The Bertz CT molecular complexity index is 1000. The Morgan fingerprint density at radius 1 is 1.15 bits per heavy atom. The van der Waals surface area contributed by atoms with E-state index in [1.54, 1.807) is 24.3 Å². The molecule has 0 saturated heterocycles. The van der Waals surface area contributed by atoms with Crippen LogP contribution in [0.25, 0.3) is 0 Å². The fourth-order valence-corrected chi connectivity index (χ4v) is 4.20. The molecule has 0 heterocycles. The molecule has 0 unspecified atom stereocenters. The highest BCUT2D eigenvalue weighted by Crippen LogP contribution is 2.25. The van der Waals surface area contributed by atoms with Crippen molar-refractivity contribution in [3.8, 4) is 0 Å². The van der Waals surface area contributed by atoms with Gasteiger partial charge in [0.15, 0.2) is 0 Å². The van der Waals surface area contributed by atoms with E-state index < -0.39 is 21.8 Å².